The van der Waals surface area contributed by atoms with E-state index >= 15 is 0 Å². The van der Waals surface area contributed by atoms with E-state index < -0.39 is 0 Å². The molecule has 0 aliphatic heterocycles. The van der Waals surface area contributed by atoms with Crippen molar-refractivity contribution in [2.75, 3.05) is 12.4 Å². The third-order valence-electron chi connectivity index (χ3n) is 3.67. The summed E-state index contributed by atoms with van der Waals surface area (Å²) in [6.07, 6.45) is 3.36. The van der Waals surface area contributed by atoms with Crippen molar-refractivity contribution >= 4 is 17.5 Å². The Balaban J connectivity index is 1.99. The van der Waals surface area contributed by atoms with Gasteiger partial charge >= 0.3 is 0 Å². The summed E-state index contributed by atoms with van der Waals surface area (Å²) in [6.45, 7) is 2.16. The Morgan fingerprint density at radius 3 is 2.00 bits per heavy atom. The molecule has 0 fully saturated rings. The van der Waals surface area contributed by atoms with Crippen LogP contribution < -0.4 is 10.6 Å². The molecule has 4 heteroatoms. The van der Waals surface area contributed by atoms with Crippen LogP contribution in [0.25, 0.3) is 0 Å². The van der Waals surface area contributed by atoms with Crippen LogP contribution in [-0.4, -0.2) is 18.9 Å². The number of aryl methyl sites for hydroxylation is 1. The van der Waals surface area contributed by atoms with E-state index in [0.717, 1.165) is 19.3 Å². The van der Waals surface area contributed by atoms with E-state index in [1.165, 1.54) is 5.56 Å². The zero-order valence-corrected chi connectivity index (χ0v) is 13.6. The summed E-state index contributed by atoms with van der Waals surface area (Å²) in [4.78, 5) is 23.7. The van der Waals surface area contributed by atoms with Crippen molar-refractivity contribution in [2.24, 2.45) is 0 Å². The number of carbonyl (C=O) groups excluding carboxylic acids is 2. The fourth-order valence-corrected chi connectivity index (χ4v) is 2.26. The van der Waals surface area contributed by atoms with Gasteiger partial charge in [0.1, 0.15) is 0 Å². The van der Waals surface area contributed by atoms with Gasteiger partial charge in [0, 0.05) is 23.9 Å². The standard InChI is InChI=1S/C19H22N2O2/c1-3-4-5-14-6-8-16(9-7-14)19(23)21-17-12-10-15(11-13-17)18(22)20-2/h6-13H,3-5H2,1-2H3,(H,20,22)(H,21,23). The second-order valence-corrected chi connectivity index (χ2v) is 5.41. The van der Waals surface area contributed by atoms with E-state index in [2.05, 4.69) is 17.6 Å². The molecule has 0 aliphatic carbocycles. The van der Waals surface area contributed by atoms with Gasteiger partial charge in [0.25, 0.3) is 11.8 Å². The molecule has 0 unspecified atom stereocenters. The maximum absolute atomic E-state index is 12.2. The first kappa shape index (κ1) is 16.7. The van der Waals surface area contributed by atoms with E-state index in [4.69, 9.17) is 0 Å². The monoisotopic (exact) mass is 310 g/mol. The molecule has 0 bridgehead atoms. The quantitative estimate of drug-likeness (QED) is 0.856. The van der Waals surface area contributed by atoms with E-state index in [9.17, 15) is 9.59 Å². The number of carbonyl (C=O) groups is 2. The van der Waals surface area contributed by atoms with Gasteiger partial charge in [-0.15, -0.1) is 0 Å². The first-order chi connectivity index (χ1) is 11.1. The topological polar surface area (TPSA) is 58.2 Å². The molecule has 0 radical (unpaired) electrons. The predicted octanol–water partition coefficient (Wildman–Crippen LogP) is 3.64. The zero-order valence-electron chi connectivity index (χ0n) is 13.6. The van der Waals surface area contributed by atoms with E-state index in [1.807, 2.05) is 24.3 Å². The van der Waals surface area contributed by atoms with Gasteiger partial charge < -0.3 is 10.6 Å². The van der Waals surface area contributed by atoms with Crippen LogP contribution in [0.4, 0.5) is 5.69 Å². The Hall–Kier alpha value is -2.62. The Morgan fingerprint density at radius 2 is 1.43 bits per heavy atom. The first-order valence-corrected chi connectivity index (χ1v) is 7.86. The van der Waals surface area contributed by atoms with Gasteiger partial charge in [-0.1, -0.05) is 25.5 Å². The van der Waals surface area contributed by atoms with Gasteiger partial charge in [0.2, 0.25) is 0 Å². The van der Waals surface area contributed by atoms with Crippen LogP contribution in [0.3, 0.4) is 0 Å². The smallest absolute Gasteiger partial charge is 0.255 e. The van der Waals surface area contributed by atoms with Crippen LogP contribution in [0.2, 0.25) is 0 Å². The van der Waals surface area contributed by atoms with Gasteiger partial charge in [-0.05, 0) is 54.8 Å². The van der Waals surface area contributed by atoms with E-state index in [0.29, 0.717) is 16.8 Å². The number of hydrogen-bond donors (Lipinski definition) is 2. The Labute approximate surface area is 136 Å². The van der Waals surface area contributed by atoms with Gasteiger partial charge in [0.15, 0.2) is 0 Å². The number of unbranched alkanes of at least 4 members (excludes halogenated alkanes) is 1. The first-order valence-electron chi connectivity index (χ1n) is 7.86. The molecule has 2 rings (SSSR count). The molecule has 0 aliphatic rings. The summed E-state index contributed by atoms with van der Waals surface area (Å²) < 4.78 is 0. The normalized spacial score (nSPS) is 10.2. The molecular weight excluding hydrogens is 288 g/mol. The summed E-state index contributed by atoms with van der Waals surface area (Å²) in [7, 11) is 1.59. The average Bonchev–Trinajstić information content (AvgIpc) is 2.60. The van der Waals surface area contributed by atoms with Gasteiger partial charge in [-0.3, -0.25) is 9.59 Å². The highest BCUT2D eigenvalue weighted by Crippen LogP contribution is 2.13. The van der Waals surface area contributed by atoms with Gasteiger partial charge in [-0.2, -0.15) is 0 Å². The number of nitrogens with one attached hydrogen (secondary N) is 2. The summed E-state index contributed by atoms with van der Waals surface area (Å²) in [5.74, 6) is -0.301. The fraction of sp³-hybridized carbons (Fsp3) is 0.263. The second kappa shape index (κ2) is 8.13. The highest BCUT2D eigenvalue weighted by molar-refractivity contribution is 6.04. The van der Waals surface area contributed by atoms with Crippen LogP contribution in [-0.2, 0) is 6.42 Å². The average molecular weight is 310 g/mol. The summed E-state index contributed by atoms with van der Waals surface area (Å²) >= 11 is 0. The third-order valence-corrected chi connectivity index (χ3v) is 3.67. The maximum atomic E-state index is 12.2. The molecule has 0 heterocycles. The minimum atomic E-state index is -0.153. The molecule has 0 spiro atoms. The maximum Gasteiger partial charge on any atom is 0.255 e. The third kappa shape index (κ3) is 4.68. The predicted molar refractivity (Wildman–Crippen MR) is 92.8 cm³/mol. The number of benzene rings is 2. The molecule has 0 atom stereocenters. The number of rotatable bonds is 6. The molecule has 0 saturated carbocycles. The van der Waals surface area contributed by atoms with Crippen LogP contribution in [0.1, 0.15) is 46.0 Å². The highest BCUT2D eigenvalue weighted by atomic mass is 16.2. The van der Waals surface area contributed by atoms with Crippen LogP contribution >= 0.6 is 0 Å². The van der Waals surface area contributed by atoms with Crippen LogP contribution in [0, 0.1) is 0 Å². The Kier molecular flexibility index (Phi) is 5.92. The molecule has 23 heavy (non-hydrogen) atoms. The number of anilines is 1. The van der Waals surface area contributed by atoms with Crippen molar-refractivity contribution in [2.45, 2.75) is 26.2 Å². The van der Waals surface area contributed by atoms with E-state index in [-0.39, 0.29) is 11.8 Å². The molecule has 4 nitrogen and oxygen atoms in total. The Bertz CT molecular complexity index is 661. The van der Waals surface area contributed by atoms with Crippen LogP contribution in [0.15, 0.2) is 48.5 Å². The lowest BCUT2D eigenvalue weighted by molar-refractivity contribution is 0.0962. The van der Waals surface area contributed by atoms with Crippen molar-refractivity contribution in [1.82, 2.24) is 5.32 Å². The lowest BCUT2D eigenvalue weighted by Gasteiger charge is -2.07. The van der Waals surface area contributed by atoms with Crippen LogP contribution in [0.5, 0.6) is 0 Å². The largest absolute Gasteiger partial charge is 0.355 e. The lowest BCUT2D eigenvalue weighted by atomic mass is 10.1. The molecule has 2 aromatic carbocycles. The van der Waals surface area contributed by atoms with Gasteiger partial charge in [-0.25, -0.2) is 0 Å². The zero-order chi connectivity index (χ0) is 16.7. The molecule has 0 aromatic heterocycles. The molecule has 2 N–H and O–H groups in total. The number of hydrogen-bond acceptors (Lipinski definition) is 2. The molecule has 2 amide bonds. The van der Waals surface area contributed by atoms with Crippen molar-refractivity contribution in [3.63, 3.8) is 0 Å². The van der Waals surface area contributed by atoms with Gasteiger partial charge in [0.05, 0.1) is 0 Å². The number of amides is 2. The molecular formula is C19H22N2O2. The summed E-state index contributed by atoms with van der Waals surface area (Å²) in [6, 6.07) is 14.5. The van der Waals surface area contributed by atoms with E-state index in [1.54, 1.807) is 31.3 Å². The van der Waals surface area contributed by atoms with Crippen molar-refractivity contribution in [3.05, 3.63) is 65.2 Å². The molecule has 120 valence electrons. The molecule has 0 saturated heterocycles. The highest BCUT2D eigenvalue weighted by Gasteiger charge is 2.07. The van der Waals surface area contributed by atoms with Crippen molar-refractivity contribution in [3.8, 4) is 0 Å². The van der Waals surface area contributed by atoms with Crippen molar-refractivity contribution in [1.29, 1.82) is 0 Å². The van der Waals surface area contributed by atoms with Crippen molar-refractivity contribution < 1.29 is 9.59 Å². The second-order valence-electron chi connectivity index (χ2n) is 5.41. The molecule has 2 aromatic rings. The SMILES string of the molecule is CCCCc1ccc(C(=O)Nc2ccc(C(=O)NC)cc2)cc1. The summed E-state index contributed by atoms with van der Waals surface area (Å²) in [5.41, 5.74) is 3.10. The fourth-order valence-electron chi connectivity index (χ4n) is 2.26. The lowest BCUT2D eigenvalue weighted by Crippen LogP contribution is -2.17. The minimum absolute atomic E-state index is 0.148. The minimum Gasteiger partial charge on any atom is -0.355 e. The Morgan fingerprint density at radius 1 is 0.870 bits per heavy atom. The summed E-state index contributed by atoms with van der Waals surface area (Å²) in [5, 5.41) is 5.40.